The van der Waals surface area contributed by atoms with E-state index in [4.69, 9.17) is 42.1 Å². The lowest BCUT2D eigenvalue weighted by atomic mass is 9.78. The first-order valence-corrected chi connectivity index (χ1v) is 15.6. The van der Waals surface area contributed by atoms with E-state index in [-0.39, 0.29) is 39.9 Å². The fraction of sp³-hybridized carbons (Fsp3) is 0.483. The van der Waals surface area contributed by atoms with Crippen LogP contribution in [0.15, 0.2) is 29.3 Å². The van der Waals surface area contributed by atoms with E-state index in [0.29, 0.717) is 23.9 Å². The molecule has 5 heterocycles. The average Bonchev–Trinajstić information content (AvgIpc) is 3.44. The molecule has 0 aliphatic carbocycles. The van der Waals surface area contributed by atoms with Crippen LogP contribution in [0.1, 0.15) is 25.6 Å². The predicted octanol–water partition coefficient (Wildman–Crippen LogP) is 4.91. The van der Waals surface area contributed by atoms with Crippen molar-refractivity contribution in [3.8, 4) is 17.3 Å². The molecule has 5 atom stereocenters. The molecule has 11 nitrogen and oxygen atoms in total. The van der Waals surface area contributed by atoms with Gasteiger partial charge in [0.15, 0.2) is 5.69 Å². The molecule has 2 unspecified atom stereocenters. The Morgan fingerprint density at radius 1 is 1.24 bits per heavy atom. The van der Waals surface area contributed by atoms with Crippen LogP contribution in [0, 0.1) is 34.3 Å². The van der Waals surface area contributed by atoms with E-state index in [2.05, 4.69) is 26.3 Å². The Morgan fingerprint density at radius 3 is 2.56 bits per heavy atom. The van der Waals surface area contributed by atoms with Crippen molar-refractivity contribution in [3.05, 3.63) is 51.8 Å². The van der Waals surface area contributed by atoms with Gasteiger partial charge in [-0.15, -0.1) is 5.10 Å². The number of anilines is 1. The van der Waals surface area contributed by atoms with Gasteiger partial charge in [0.25, 0.3) is 0 Å². The molecule has 2 aromatic heterocycles. The maximum atomic E-state index is 14.2. The lowest BCUT2D eigenvalue weighted by Gasteiger charge is -2.55. The first-order chi connectivity index (χ1) is 21.5. The molecule has 1 aromatic carbocycles. The van der Waals surface area contributed by atoms with Crippen molar-refractivity contribution < 1.29 is 32.5 Å². The molecule has 0 saturated carbocycles. The normalized spacial score (nSPS) is 25.4. The fourth-order valence-electron chi connectivity index (χ4n) is 5.90. The topological polar surface area (TPSA) is 125 Å². The standard InChI is InChI=1S/C29H28Cl2F2N6O5S/c1-14-22(9-43-15(2)40)44-28(45-23-6-17(30)20(7-34)35-27(23)38-10-29(11-38)12-42-13-29)26(41-3)25(14)39-8-21(36-37-39)16-4-18(32)24(31)19(33)5-16/h4-6,8,14,22,25-26,28H,9-13H2,1-3H3/t14-,22?,25-,26?,28+/m0/s1. The van der Waals surface area contributed by atoms with Gasteiger partial charge in [-0.2, -0.15) is 5.26 Å². The Bertz CT molecular complexity index is 1640. The maximum absolute atomic E-state index is 14.2. The second-order valence-electron chi connectivity index (χ2n) is 11.5. The van der Waals surface area contributed by atoms with Crippen molar-refractivity contribution in [2.75, 3.05) is 44.9 Å². The number of halogens is 4. The maximum Gasteiger partial charge on any atom is 0.302 e. The molecule has 3 saturated heterocycles. The quantitative estimate of drug-likeness (QED) is 0.238. The summed E-state index contributed by atoms with van der Waals surface area (Å²) >= 11 is 13.4. The number of thioether (sulfide) groups is 1. The Labute approximate surface area is 271 Å². The third-order valence-corrected chi connectivity index (χ3v) is 10.1. The summed E-state index contributed by atoms with van der Waals surface area (Å²) in [6.45, 7) is 5.98. The minimum atomic E-state index is -0.920. The Balaban J connectivity index is 1.34. The number of rotatable bonds is 8. The zero-order valence-corrected chi connectivity index (χ0v) is 26.7. The van der Waals surface area contributed by atoms with E-state index in [1.54, 1.807) is 16.9 Å². The second-order valence-corrected chi connectivity index (χ2v) is 13.4. The Morgan fingerprint density at radius 2 is 1.96 bits per heavy atom. The van der Waals surface area contributed by atoms with E-state index in [1.807, 2.05) is 6.92 Å². The van der Waals surface area contributed by atoms with Gasteiger partial charge in [-0.05, 0) is 18.2 Å². The highest BCUT2D eigenvalue weighted by atomic mass is 35.5. The van der Waals surface area contributed by atoms with Crippen molar-refractivity contribution in [3.63, 3.8) is 0 Å². The zero-order chi connectivity index (χ0) is 32.0. The van der Waals surface area contributed by atoms with Gasteiger partial charge in [-0.25, -0.2) is 18.4 Å². The van der Waals surface area contributed by atoms with Crippen LogP contribution in [0.2, 0.25) is 10.0 Å². The van der Waals surface area contributed by atoms with Gasteiger partial charge < -0.3 is 23.8 Å². The summed E-state index contributed by atoms with van der Waals surface area (Å²) < 4.78 is 53.3. The molecule has 0 N–H and O–H groups in total. The van der Waals surface area contributed by atoms with Gasteiger partial charge in [0.05, 0.1) is 46.9 Å². The highest BCUT2D eigenvalue weighted by Gasteiger charge is 2.51. The summed E-state index contributed by atoms with van der Waals surface area (Å²) in [5, 5.41) is 17.7. The number of carbonyl (C=O) groups is 1. The van der Waals surface area contributed by atoms with Crippen molar-refractivity contribution in [2.45, 2.75) is 42.4 Å². The van der Waals surface area contributed by atoms with Gasteiger partial charge >= 0.3 is 5.97 Å². The number of carbonyl (C=O) groups excluding carboxylic acids is 1. The Kier molecular flexibility index (Phi) is 8.95. The number of esters is 1. The number of pyridine rings is 1. The zero-order valence-electron chi connectivity index (χ0n) is 24.4. The first kappa shape index (κ1) is 31.9. The lowest BCUT2D eigenvalue weighted by molar-refractivity contribution is -0.171. The third kappa shape index (κ3) is 6.09. The number of nitriles is 1. The fourth-order valence-corrected chi connectivity index (χ4v) is 7.59. The molecule has 45 heavy (non-hydrogen) atoms. The van der Waals surface area contributed by atoms with Gasteiger partial charge in [-0.3, -0.25) is 4.79 Å². The van der Waals surface area contributed by atoms with Gasteiger partial charge in [-0.1, -0.05) is 47.1 Å². The highest BCUT2D eigenvalue weighted by Crippen LogP contribution is 2.47. The van der Waals surface area contributed by atoms with Crippen LogP contribution in [0.3, 0.4) is 0 Å². The number of aromatic nitrogens is 4. The minimum absolute atomic E-state index is 0.0382. The van der Waals surface area contributed by atoms with Gasteiger partial charge in [0.2, 0.25) is 0 Å². The predicted molar refractivity (Wildman–Crippen MR) is 160 cm³/mol. The summed E-state index contributed by atoms with van der Waals surface area (Å²) in [4.78, 5) is 19.1. The monoisotopic (exact) mass is 680 g/mol. The number of ether oxygens (including phenoxy) is 4. The molecule has 6 rings (SSSR count). The molecule has 0 radical (unpaired) electrons. The molecular weight excluding hydrogens is 653 g/mol. The van der Waals surface area contributed by atoms with E-state index < -0.39 is 46.3 Å². The van der Waals surface area contributed by atoms with Crippen LogP contribution in [-0.2, 0) is 23.7 Å². The van der Waals surface area contributed by atoms with Crippen LogP contribution in [-0.4, -0.2) is 83.6 Å². The number of nitrogens with zero attached hydrogens (tertiary/aromatic N) is 6. The van der Waals surface area contributed by atoms with Crippen molar-refractivity contribution in [1.29, 1.82) is 5.26 Å². The number of hydrogen-bond acceptors (Lipinski definition) is 11. The summed E-state index contributed by atoms with van der Waals surface area (Å²) in [5.74, 6) is -2.03. The summed E-state index contributed by atoms with van der Waals surface area (Å²) in [7, 11) is 1.54. The lowest BCUT2D eigenvalue weighted by Crippen LogP contribution is -2.66. The van der Waals surface area contributed by atoms with Gasteiger partial charge in [0, 0.05) is 38.6 Å². The number of hydrogen-bond donors (Lipinski definition) is 0. The smallest absolute Gasteiger partial charge is 0.302 e. The third-order valence-electron chi connectivity index (χ3n) is 8.30. The first-order valence-electron chi connectivity index (χ1n) is 14.0. The number of methoxy groups -OCH3 is 1. The average molecular weight is 682 g/mol. The van der Waals surface area contributed by atoms with Crippen LogP contribution in [0.25, 0.3) is 11.3 Å². The molecule has 1 spiro atoms. The van der Waals surface area contributed by atoms with E-state index in [9.17, 15) is 18.8 Å². The molecule has 3 aliphatic rings. The molecule has 3 aliphatic heterocycles. The van der Waals surface area contributed by atoms with Crippen LogP contribution in [0.4, 0.5) is 14.6 Å². The van der Waals surface area contributed by atoms with Crippen molar-refractivity contribution >= 4 is 46.8 Å². The molecule has 0 bridgehead atoms. The van der Waals surface area contributed by atoms with Crippen LogP contribution in [0.5, 0.6) is 0 Å². The van der Waals surface area contributed by atoms with Crippen molar-refractivity contribution in [1.82, 2.24) is 20.0 Å². The Hall–Kier alpha value is -3.06. The van der Waals surface area contributed by atoms with E-state index in [0.717, 1.165) is 25.2 Å². The van der Waals surface area contributed by atoms with Gasteiger partial charge in [0.1, 0.15) is 52.4 Å². The molecule has 238 valence electrons. The molecule has 3 aromatic rings. The molecule has 0 amide bonds. The van der Waals surface area contributed by atoms with Crippen LogP contribution < -0.4 is 4.90 Å². The highest BCUT2D eigenvalue weighted by molar-refractivity contribution is 8.00. The minimum Gasteiger partial charge on any atom is -0.463 e. The van der Waals surface area contributed by atoms with Crippen molar-refractivity contribution in [2.24, 2.45) is 11.3 Å². The van der Waals surface area contributed by atoms with Crippen LogP contribution >= 0.6 is 35.0 Å². The summed E-state index contributed by atoms with van der Waals surface area (Å²) in [5.41, 5.74) is -0.122. The second kappa shape index (κ2) is 12.6. The SMILES string of the molecule is COC1[C@@H](Sc2cc(Cl)c(C#N)nc2N2CC3(COC3)C2)OC(COC(C)=O)[C@H](C)[C@@H]1n1cc(-c2cc(F)c(Cl)c(F)c2)nn1. The number of benzene rings is 1. The summed E-state index contributed by atoms with van der Waals surface area (Å²) in [6.07, 6.45) is 0.333. The molecular formula is C29H28Cl2F2N6O5S. The molecule has 16 heteroatoms. The molecule has 3 fully saturated rings. The summed E-state index contributed by atoms with van der Waals surface area (Å²) in [6, 6.07) is 5.39. The largest absolute Gasteiger partial charge is 0.463 e. The van der Waals surface area contributed by atoms with E-state index in [1.165, 1.54) is 25.8 Å². The van der Waals surface area contributed by atoms with E-state index >= 15 is 0 Å².